The van der Waals surface area contributed by atoms with Crippen molar-refractivity contribution in [2.24, 2.45) is 0 Å². The molecule has 4 aromatic rings. The number of aromatic nitrogens is 2. The zero-order chi connectivity index (χ0) is 17.8. The van der Waals surface area contributed by atoms with Crippen LogP contribution in [0.1, 0.15) is 17.8 Å². The van der Waals surface area contributed by atoms with Crippen molar-refractivity contribution < 1.29 is 4.74 Å². The van der Waals surface area contributed by atoms with Gasteiger partial charge >= 0.3 is 0 Å². The maximum absolute atomic E-state index is 5.56. The van der Waals surface area contributed by atoms with Crippen LogP contribution in [-0.4, -0.2) is 23.6 Å². The summed E-state index contributed by atoms with van der Waals surface area (Å²) in [6, 6.07) is 20.8. The second-order valence-electron chi connectivity index (χ2n) is 6.45. The first-order valence-corrected chi connectivity index (χ1v) is 9.04. The number of aromatic amines is 1. The normalized spacial score (nSPS) is 11.3. The standard InChI is InChI=1S/C22H23N3O/c1-26-21-13-12-16-7-2-3-8-17(16)18(21)15-23-14-6-11-22-24-19-9-4-5-10-20(19)25-22/h2-5,7-10,12-13,23H,6,11,14-15H2,1H3,(H,24,25). The third kappa shape index (κ3) is 3.41. The Morgan fingerprint density at radius 1 is 1.00 bits per heavy atom. The summed E-state index contributed by atoms with van der Waals surface area (Å²) in [7, 11) is 1.73. The number of hydrogen-bond donors (Lipinski definition) is 2. The lowest BCUT2D eigenvalue weighted by atomic mass is 10.0. The molecule has 4 rings (SSSR count). The van der Waals surface area contributed by atoms with Gasteiger partial charge in [-0.2, -0.15) is 0 Å². The van der Waals surface area contributed by atoms with Crippen molar-refractivity contribution in [1.82, 2.24) is 15.3 Å². The monoisotopic (exact) mass is 345 g/mol. The molecule has 0 saturated carbocycles. The molecule has 0 radical (unpaired) electrons. The van der Waals surface area contributed by atoms with Gasteiger partial charge in [0.2, 0.25) is 0 Å². The molecule has 132 valence electrons. The number of imidazole rings is 1. The van der Waals surface area contributed by atoms with Gasteiger partial charge in [0.25, 0.3) is 0 Å². The molecular weight excluding hydrogens is 322 g/mol. The highest BCUT2D eigenvalue weighted by molar-refractivity contribution is 5.87. The summed E-state index contributed by atoms with van der Waals surface area (Å²) in [5.74, 6) is 1.99. The minimum atomic E-state index is 0.796. The molecule has 0 aliphatic rings. The molecule has 2 N–H and O–H groups in total. The van der Waals surface area contributed by atoms with Crippen LogP contribution in [0, 0.1) is 0 Å². The van der Waals surface area contributed by atoms with Gasteiger partial charge in [-0.05, 0) is 41.9 Å². The number of aryl methyl sites for hydroxylation is 1. The number of hydrogen-bond acceptors (Lipinski definition) is 3. The van der Waals surface area contributed by atoms with Crippen molar-refractivity contribution in [3.8, 4) is 5.75 Å². The second kappa shape index (κ2) is 7.58. The molecule has 0 spiro atoms. The van der Waals surface area contributed by atoms with Crippen molar-refractivity contribution in [3.63, 3.8) is 0 Å². The Kier molecular flexibility index (Phi) is 4.84. The fraction of sp³-hybridized carbons (Fsp3) is 0.227. The smallest absolute Gasteiger partial charge is 0.123 e. The largest absolute Gasteiger partial charge is 0.496 e. The molecule has 0 unspecified atom stereocenters. The van der Waals surface area contributed by atoms with E-state index in [2.05, 4.69) is 51.7 Å². The minimum absolute atomic E-state index is 0.796. The Morgan fingerprint density at radius 3 is 2.73 bits per heavy atom. The van der Waals surface area contributed by atoms with Gasteiger partial charge in [-0.3, -0.25) is 0 Å². The summed E-state index contributed by atoms with van der Waals surface area (Å²) in [6.07, 6.45) is 1.97. The van der Waals surface area contributed by atoms with Crippen LogP contribution < -0.4 is 10.1 Å². The zero-order valence-corrected chi connectivity index (χ0v) is 15.0. The van der Waals surface area contributed by atoms with Crippen LogP contribution in [0.2, 0.25) is 0 Å². The Bertz CT molecular complexity index is 989. The second-order valence-corrected chi connectivity index (χ2v) is 6.45. The van der Waals surface area contributed by atoms with Gasteiger partial charge in [-0.25, -0.2) is 4.98 Å². The highest BCUT2D eigenvalue weighted by Crippen LogP contribution is 2.27. The molecule has 0 saturated heterocycles. The number of para-hydroxylation sites is 2. The summed E-state index contributed by atoms with van der Waals surface area (Å²) in [5, 5.41) is 6.04. The molecule has 3 aromatic carbocycles. The van der Waals surface area contributed by atoms with Crippen LogP contribution in [0.25, 0.3) is 21.8 Å². The van der Waals surface area contributed by atoms with Crippen LogP contribution >= 0.6 is 0 Å². The lowest BCUT2D eigenvalue weighted by Gasteiger charge is -2.13. The minimum Gasteiger partial charge on any atom is -0.496 e. The highest BCUT2D eigenvalue weighted by Gasteiger charge is 2.08. The number of nitrogens with zero attached hydrogens (tertiary/aromatic N) is 1. The molecule has 0 bridgehead atoms. The quantitative estimate of drug-likeness (QED) is 0.487. The Balaban J connectivity index is 1.37. The van der Waals surface area contributed by atoms with Crippen LogP contribution in [0.5, 0.6) is 5.75 Å². The van der Waals surface area contributed by atoms with E-state index in [1.165, 1.54) is 16.3 Å². The summed E-state index contributed by atoms with van der Waals surface area (Å²) in [4.78, 5) is 8.02. The molecule has 0 amide bonds. The van der Waals surface area contributed by atoms with Crippen molar-refractivity contribution >= 4 is 21.8 Å². The van der Waals surface area contributed by atoms with Crippen molar-refractivity contribution in [2.45, 2.75) is 19.4 Å². The summed E-state index contributed by atoms with van der Waals surface area (Å²) >= 11 is 0. The number of fused-ring (bicyclic) bond motifs is 2. The predicted octanol–water partition coefficient (Wildman–Crippen LogP) is 4.45. The van der Waals surface area contributed by atoms with Gasteiger partial charge in [-0.1, -0.05) is 42.5 Å². The van der Waals surface area contributed by atoms with Gasteiger partial charge < -0.3 is 15.0 Å². The van der Waals surface area contributed by atoms with E-state index < -0.39 is 0 Å². The molecular formula is C22H23N3O. The fourth-order valence-electron chi connectivity index (χ4n) is 3.41. The summed E-state index contributed by atoms with van der Waals surface area (Å²) < 4.78 is 5.56. The van der Waals surface area contributed by atoms with E-state index in [0.29, 0.717) is 0 Å². The van der Waals surface area contributed by atoms with Gasteiger partial charge in [0.1, 0.15) is 11.6 Å². The van der Waals surface area contributed by atoms with Crippen LogP contribution in [0.3, 0.4) is 0 Å². The first-order chi connectivity index (χ1) is 12.8. The lowest BCUT2D eigenvalue weighted by Crippen LogP contribution is -2.16. The highest BCUT2D eigenvalue weighted by atomic mass is 16.5. The molecule has 0 atom stereocenters. The van der Waals surface area contributed by atoms with Crippen molar-refractivity contribution in [3.05, 3.63) is 72.1 Å². The summed E-state index contributed by atoms with van der Waals surface area (Å²) in [6.45, 7) is 1.73. The molecule has 0 fully saturated rings. The van der Waals surface area contributed by atoms with E-state index in [1.54, 1.807) is 7.11 Å². The molecule has 0 aliphatic carbocycles. The maximum Gasteiger partial charge on any atom is 0.123 e. The number of H-pyrrole nitrogens is 1. The Morgan fingerprint density at radius 2 is 1.85 bits per heavy atom. The van der Waals surface area contributed by atoms with E-state index in [0.717, 1.165) is 48.5 Å². The van der Waals surface area contributed by atoms with Crippen LogP contribution in [0.4, 0.5) is 0 Å². The number of nitrogens with one attached hydrogen (secondary N) is 2. The first-order valence-electron chi connectivity index (χ1n) is 9.04. The molecule has 4 heteroatoms. The van der Waals surface area contributed by atoms with E-state index in [1.807, 2.05) is 24.3 Å². The Labute approximate surface area is 153 Å². The number of methoxy groups -OCH3 is 1. The molecule has 1 aromatic heterocycles. The third-order valence-corrected chi connectivity index (χ3v) is 4.72. The maximum atomic E-state index is 5.56. The molecule has 4 nitrogen and oxygen atoms in total. The van der Waals surface area contributed by atoms with Crippen molar-refractivity contribution in [1.29, 1.82) is 0 Å². The Hall–Kier alpha value is -2.85. The third-order valence-electron chi connectivity index (χ3n) is 4.72. The van der Waals surface area contributed by atoms with Gasteiger partial charge in [-0.15, -0.1) is 0 Å². The number of rotatable bonds is 7. The van der Waals surface area contributed by atoms with E-state index in [4.69, 9.17) is 4.74 Å². The van der Waals surface area contributed by atoms with Crippen molar-refractivity contribution in [2.75, 3.05) is 13.7 Å². The number of ether oxygens (including phenoxy) is 1. The van der Waals surface area contributed by atoms with Gasteiger partial charge in [0.05, 0.1) is 18.1 Å². The molecule has 26 heavy (non-hydrogen) atoms. The first kappa shape index (κ1) is 16.6. The molecule has 0 aliphatic heterocycles. The van der Waals surface area contributed by atoms with E-state index in [9.17, 15) is 0 Å². The summed E-state index contributed by atoms with van der Waals surface area (Å²) in [5.41, 5.74) is 3.36. The average Bonchev–Trinajstić information content (AvgIpc) is 3.10. The van der Waals surface area contributed by atoms with Crippen LogP contribution in [-0.2, 0) is 13.0 Å². The predicted molar refractivity (Wildman–Crippen MR) is 107 cm³/mol. The number of benzene rings is 3. The zero-order valence-electron chi connectivity index (χ0n) is 15.0. The SMILES string of the molecule is COc1ccc2ccccc2c1CNCCCc1nc2ccccc2[nH]1. The van der Waals surface area contributed by atoms with Crippen LogP contribution in [0.15, 0.2) is 60.7 Å². The lowest BCUT2D eigenvalue weighted by molar-refractivity contribution is 0.408. The van der Waals surface area contributed by atoms with E-state index >= 15 is 0 Å². The van der Waals surface area contributed by atoms with Gasteiger partial charge in [0.15, 0.2) is 0 Å². The topological polar surface area (TPSA) is 49.9 Å². The van der Waals surface area contributed by atoms with E-state index in [-0.39, 0.29) is 0 Å². The fourth-order valence-corrected chi connectivity index (χ4v) is 3.41. The average molecular weight is 345 g/mol. The molecule has 1 heterocycles. The van der Waals surface area contributed by atoms with Gasteiger partial charge in [0, 0.05) is 18.5 Å².